The molecule has 1 aromatic carbocycles. The summed E-state index contributed by atoms with van der Waals surface area (Å²) in [6.07, 6.45) is 9.60. The van der Waals surface area contributed by atoms with E-state index in [2.05, 4.69) is 35.3 Å². The van der Waals surface area contributed by atoms with E-state index in [1.165, 1.54) is 23.8 Å². The number of unbranched alkanes of at least 4 members (excludes halogenated alkanes) is 1. The van der Waals surface area contributed by atoms with E-state index in [9.17, 15) is 13.2 Å². The Balaban J connectivity index is 1.25. The number of piperazine rings is 1. The molecule has 0 aromatic heterocycles. The number of amides is 1. The second-order valence-electron chi connectivity index (χ2n) is 11.4. The number of fused-ring (bicyclic) bond motifs is 1. The summed E-state index contributed by atoms with van der Waals surface area (Å²) >= 11 is 0. The minimum absolute atomic E-state index is 0.0714. The van der Waals surface area contributed by atoms with E-state index in [0.29, 0.717) is 19.1 Å². The highest BCUT2D eigenvalue weighted by Crippen LogP contribution is 2.29. The van der Waals surface area contributed by atoms with Crippen LogP contribution < -0.4 is 10.1 Å². The number of hydrogen-bond acceptors (Lipinski definition) is 7. The van der Waals surface area contributed by atoms with E-state index in [1.54, 1.807) is 7.11 Å². The molecule has 1 N–H and O–H groups in total. The number of sulfone groups is 1. The fraction of sp³-hybridized carbons (Fsp3) is 0.759. The Hall–Kier alpha value is -1.68. The number of methoxy groups -OCH3 is 1. The molecule has 1 aromatic rings. The summed E-state index contributed by atoms with van der Waals surface area (Å²) in [5, 5.41) is 2.77. The van der Waals surface area contributed by atoms with Crippen molar-refractivity contribution in [2.45, 2.75) is 69.7 Å². The van der Waals surface area contributed by atoms with Gasteiger partial charge in [-0.15, -0.1) is 0 Å². The summed E-state index contributed by atoms with van der Waals surface area (Å²) in [4.78, 5) is 19.6. The molecule has 2 aliphatic heterocycles. The van der Waals surface area contributed by atoms with Crippen LogP contribution in [0, 0.1) is 5.92 Å². The van der Waals surface area contributed by atoms with Gasteiger partial charge in [-0.3, -0.25) is 9.69 Å². The second kappa shape index (κ2) is 13.6. The highest BCUT2D eigenvalue weighted by atomic mass is 32.2. The number of nitrogens with zero attached hydrogens (tertiary/aromatic N) is 3. The highest BCUT2D eigenvalue weighted by Gasteiger charge is 2.39. The molecule has 2 atom stereocenters. The summed E-state index contributed by atoms with van der Waals surface area (Å²) in [5.74, 6) is 1.11. The van der Waals surface area contributed by atoms with E-state index in [1.807, 2.05) is 9.80 Å². The van der Waals surface area contributed by atoms with Gasteiger partial charge in [0.2, 0.25) is 5.91 Å². The van der Waals surface area contributed by atoms with Gasteiger partial charge in [-0.2, -0.15) is 0 Å². The maximum atomic E-state index is 13.0. The summed E-state index contributed by atoms with van der Waals surface area (Å²) in [6.45, 7) is 8.34. The molecule has 38 heavy (non-hydrogen) atoms. The van der Waals surface area contributed by atoms with Crippen LogP contribution in [0.4, 0.5) is 0 Å². The van der Waals surface area contributed by atoms with Gasteiger partial charge in [-0.05, 0) is 107 Å². The number of piperidine rings is 1. The first kappa shape index (κ1) is 29.3. The van der Waals surface area contributed by atoms with Gasteiger partial charge in [0, 0.05) is 31.9 Å². The molecule has 0 spiro atoms. The third kappa shape index (κ3) is 7.49. The molecule has 2 unspecified atom stereocenters. The van der Waals surface area contributed by atoms with Gasteiger partial charge in [-0.1, -0.05) is 13.0 Å². The average molecular weight is 549 g/mol. The van der Waals surface area contributed by atoms with Crippen molar-refractivity contribution in [1.29, 1.82) is 0 Å². The van der Waals surface area contributed by atoms with Gasteiger partial charge in [0.1, 0.15) is 11.1 Å². The molecule has 214 valence electrons. The third-order valence-electron chi connectivity index (χ3n) is 8.70. The molecule has 0 radical (unpaired) electrons. The Kier molecular flexibility index (Phi) is 10.5. The van der Waals surface area contributed by atoms with E-state index >= 15 is 0 Å². The van der Waals surface area contributed by atoms with Crippen LogP contribution in [-0.4, -0.2) is 106 Å². The summed E-state index contributed by atoms with van der Waals surface area (Å²) in [7, 11) is -1.53. The Bertz CT molecular complexity index is 1030. The number of aryl methyl sites for hydroxylation is 1. The molecule has 4 rings (SSSR count). The molecule has 2 fully saturated rings. The third-order valence-corrected chi connectivity index (χ3v) is 10.3. The van der Waals surface area contributed by atoms with Crippen LogP contribution in [0.3, 0.4) is 0 Å². The van der Waals surface area contributed by atoms with Crippen LogP contribution in [0.5, 0.6) is 5.75 Å². The lowest BCUT2D eigenvalue weighted by Crippen LogP contribution is -2.58. The van der Waals surface area contributed by atoms with Gasteiger partial charge in [0.05, 0.1) is 13.7 Å². The average Bonchev–Trinajstić information content (AvgIpc) is 2.90. The number of hydrogen-bond donors (Lipinski definition) is 1. The van der Waals surface area contributed by atoms with Crippen molar-refractivity contribution in [3.63, 3.8) is 0 Å². The number of ether oxygens (including phenoxy) is 1. The maximum Gasteiger partial charge on any atom is 0.236 e. The number of benzene rings is 1. The minimum atomic E-state index is -3.26. The van der Waals surface area contributed by atoms with Crippen molar-refractivity contribution >= 4 is 15.7 Å². The van der Waals surface area contributed by atoms with Gasteiger partial charge >= 0.3 is 0 Å². The smallest absolute Gasteiger partial charge is 0.236 e. The predicted octanol–water partition coefficient (Wildman–Crippen LogP) is 2.56. The molecule has 1 amide bonds. The zero-order valence-corrected chi connectivity index (χ0v) is 24.5. The van der Waals surface area contributed by atoms with Gasteiger partial charge < -0.3 is 19.9 Å². The topological polar surface area (TPSA) is 82.2 Å². The van der Waals surface area contributed by atoms with E-state index in [4.69, 9.17) is 4.74 Å². The van der Waals surface area contributed by atoms with Crippen molar-refractivity contribution < 1.29 is 17.9 Å². The normalized spacial score (nSPS) is 22.5. The Morgan fingerprint density at radius 1 is 1.11 bits per heavy atom. The van der Waals surface area contributed by atoms with Crippen molar-refractivity contribution in [3.05, 3.63) is 29.3 Å². The molecule has 0 saturated carbocycles. The summed E-state index contributed by atoms with van der Waals surface area (Å²) < 4.78 is 30.8. The molecular formula is C29H48N4O4S. The zero-order valence-electron chi connectivity index (χ0n) is 23.7. The molecule has 2 saturated heterocycles. The SMILES string of the molecule is CCCN(CCCCN1CCN(C(C2CCNCC2)S(C)(=O)=O)CC1=O)C1CCc2ccc(OC)cc2C1. The van der Waals surface area contributed by atoms with E-state index < -0.39 is 15.2 Å². The van der Waals surface area contributed by atoms with Crippen LogP contribution in [-0.2, 0) is 27.5 Å². The Morgan fingerprint density at radius 2 is 1.89 bits per heavy atom. The second-order valence-corrected chi connectivity index (χ2v) is 13.6. The summed E-state index contributed by atoms with van der Waals surface area (Å²) in [5.41, 5.74) is 2.87. The first-order valence-corrected chi connectivity index (χ1v) is 16.6. The van der Waals surface area contributed by atoms with Gasteiger partial charge in [-0.25, -0.2) is 8.42 Å². The lowest BCUT2D eigenvalue weighted by Gasteiger charge is -2.42. The first-order valence-electron chi connectivity index (χ1n) is 14.6. The lowest BCUT2D eigenvalue weighted by atomic mass is 9.87. The maximum absolute atomic E-state index is 13.0. The van der Waals surface area contributed by atoms with Crippen molar-refractivity contribution in [2.24, 2.45) is 5.92 Å². The largest absolute Gasteiger partial charge is 0.497 e. The molecule has 1 aliphatic carbocycles. The predicted molar refractivity (Wildman–Crippen MR) is 152 cm³/mol. The molecule has 9 heteroatoms. The molecule has 0 bridgehead atoms. The van der Waals surface area contributed by atoms with Crippen LogP contribution in [0.25, 0.3) is 0 Å². The van der Waals surface area contributed by atoms with Crippen LogP contribution >= 0.6 is 0 Å². The van der Waals surface area contributed by atoms with E-state index in [-0.39, 0.29) is 18.4 Å². The molecule has 8 nitrogen and oxygen atoms in total. The lowest BCUT2D eigenvalue weighted by molar-refractivity contribution is -0.136. The van der Waals surface area contributed by atoms with Gasteiger partial charge in [0.25, 0.3) is 0 Å². The fourth-order valence-corrected chi connectivity index (χ4v) is 8.46. The minimum Gasteiger partial charge on any atom is -0.497 e. The van der Waals surface area contributed by atoms with Gasteiger partial charge in [0.15, 0.2) is 9.84 Å². The van der Waals surface area contributed by atoms with Crippen molar-refractivity contribution in [1.82, 2.24) is 20.0 Å². The molecular weight excluding hydrogens is 500 g/mol. The van der Waals surface area contributed by atoms with Crippen LogP contribution in [0.2, 0.25) is 0 Å². The van der Waals surface area contributed by atoms with Crippen LogP contribution in [0.15, 0.2) is 18.2 Å². The number of carbonyl (C=O) groups is 1. The quantitative estimate of drug-likeness (QED) is 0.402. The number of rotatable bonds is 12. The fourth-order valence-electron chi connectivity index (χ4n) is 6.76. The number of nitrogens with one attached hydrogen (secondary N) is 1. The molecule has 2 heterocycles. The Morgan fingerprint density at radius 3 is 2.58 bits per heavy atom. The molecule has 3 aliphatic rings. The highest BCUT2D eigenvalue weighted by molar-refractivity contribution is 7.91. The Labute approximate surface area is 230 Å². The monoisotopic (exact) mass is 548 g/mol. The standard InChI is InChI=1S/C29H48N4O4S/c1-4-15-31(26-9-7-23-8-10-27(37-2)21-25(23)20-26)16-5-6-17-32-18-19-33(22-28(32)34)29(38(3,35)36)24-11-13-30-14-12-24/h8,10,21,24,26,29-30H,4-7,9,11-20,22H2,1-3H3. The van der Waals surface area contributed by atoms with Crippen LogP contribution in [0.1, 0.15) is 56.6 Å². The van der Waals surface area contributed by atoms with E-state index in [0.717, 1.165) is 83.4 Å². The zero-order chi connectivity index (χ0) is 27.1. The first-order chi connectivity index (χ1) is 18.3. The van der Waals surface area contributed by atoms with Crippen molar-refractivity contribution in [3.8, 4) is 5.75 Å². The van der Waals surface area contributed by atoms with Crippen molar-refractivity contribution in [2.75, 3.05) is 65.7 Å². The number of carbonyl (C=O) groups excluding carboxylic acids is 1. The summed E-state index contributed by atoms with van der Waals surface area (Å²) in [6, 6.07) is 7.05.